The summed E-state index contributed by atoms with van der Waals surface area (Å²) in [4.78, 5) is 28.5. The number of hydrogen-bond acceptors (Lipinski definition) is 6. The molecule has 34 heavy (non-hydrogen) atoms. The lowest BCUT2D eigenvalue weighted by molar-refractivity contribution is -0.118. The number of anilines is 1. The van der Waals surface area contributed by atoms with Crippen molar-refractivity contribution in [2.75, 3.05) is 38.2 Å². The van der Waals surface area contributed by atoms with E-state index in [-0.39, 0.29) is 18.4 Å². The van der Waals surface area contributed by atoms with Crippen LogP contribution in [-0.2, 0) is 9.53 Å². The third kappa shape index (κ3) is 5.03. The molecule has 4 aromatic rings. The molecule has 172 valence electrons. The number of pyridine rings is 1. The number of ether oxygens (including phenoxy) is 1. The summed E-state index contributed by atoms with van der Waals surface area (Å²) in [6.45, 7) is 2.87. The summed E-state index contributed by atoms with van der Waals surface area (Å²) >= 11 is 13.0. The number of halogens is 2. The van der Waals surface area contributed by atoms with Gasteiger partial charge in [-0.2, -0.15) is 0 Å². The smallest absolute Gasteiger partial charge is 0.240 e. The van der Waals surface area contributed by atoms with Gasteiger partial charge in [-0.1, -0.05) is 59.6 Å². The first-order valence-corrected chi connectivity index (χ1v) is 11.6. The Kier molecular flexibility index (Phi) is 6.69. The van der Waals surface area contributed by atoms with E-state index in [0.29, 0.717) is 53.4 Å². The van der Waals surface area contributed by atoms with Crippen LogP contribution in [0, 0.1) is 0 Å². The molecular weight excluding hydrogens is 473 g/mol. The molecule has 1 N–H and O–H groups in total. The van der Waals surface area contributed by atoms with Gasteiger partial charge in [0.25, 0.3) is 0 Å². The van der Waals surface area contributed by atoms with E-state index in [1.54, 1.807) is 12.1 Å². The van der Waals surface area contributed by atoms with E-state index >= 15 is 0 Å². The molecule has 1 aliphatic heterocycles. The molecule has 1 aliphatic rings. The Labute approximate surface area is 206 Å². The van der Waals surface area contributed by atoms with Crippen LogP contribution in [0.1, 0.15) is 0 Å². The van der Waals surface area contributed by atoms with Crippen LogP contribution in [0.3, 0.4) is 0 Å². The highest BCUT2D eigenvalue weighted by Crippen LogP contribution is 2.33. The predicted molar refractivity (Wildman–Crippen MR) is 134 cm³/mol. The second-order valence-electron chi connectivity index (χ2n) is 7.90. The predicted octanol–water partition coefficient (Wildman–Crippen LogP) is 4.94. The van der Waals surface area contributed by atoms with Crippen LogP contribution < -0.4 is 5.32 Å². The van der Waals surface area contributed by atoms with E-state index in [0.717, 1.165) is 16.5 Å². The Morgan fingerprint density at radius 2 is 1.62 bits per heavy atom. The molecule has 0 bridgehead atoms. The monoisotopic (exact) mass is 493 g/mol. The zero-order valence-electron chi connectivity index (χ0n) is 18.2. The topological polar surface area (TPSA) is 80.2 Å². The molecule has 7 nitrogen and oxygen atoms in total. The van der Waals surface area contributed by atoms with Crippen molar-refractivity contribution in [2.45, 2.75) is 0 Å². The largest absolute Gasteiger partial charge is 0.379 e. The van der Waals surface area contributed by atoms with Gasteiger partial charge >= 0.3 is 0 Å². The summed E-state index contributed by atoms with van der Waals surface area (Å²) in [5.74, 6) is -0.0261. The first kappa shape index (κ1) is 22.7. The number of hydrogen-bond donors (Lipinski definition) is 1. The summed E-state index contributed by atoms with van der Waals surface area (Å²) in [5.41, 5.74) is 3.26. The molecule has 0 radical (unpaired) electrons. The van der Waals surface area contributed by atoms with E-state index in [9.17, 15) is 4.79 Å². The zero-order valence-corrected chi connectivity index (χ0v) is 19.7. The van der Waals surface area contributed by atoms with Gasteiger partial charge < -0.3 is 4.74 Å². The summed E-state index contributed by atoms with van der Waals surface area (Å²) in [5, 5.41) is 4.62. The Morgan fingerprint density at radius 3 is 2.41 bits per heavy atom. The molecular formula is C25H21Cl2N5O2. The quantitative estimate of drug-likeness (QED) is 0.396. The van der Waals surface area contributed by atoms with E-state index < -0.39 is 0 Å². The van der Waals surface area contributed by atoms with Crippen molar-refractivity contribution in [1.29, 1.82) is 0 Å². The molecule has 0 spiro atoms. The number of rotatable bonds is 5. The van der Waals surface area contributed by atoms with Gasteiger partial charge in [0, 0.05) is 34.6 Å². The average molecular weight is 494 g/mol. The van der Waals surface area contributed by atoms with E-state index in [2.05, 4.69) is 20.3 Å². The summed E-state index contributed by atoms with van der Waals surface area (Å²) in [6.07, 6.45) is 0. The average Bonchev–Trinajstić information content (AvgIpc) is 2.84. The number of amides is 1. The Hall–Kier alpha value is -3.10. The molecule has 1 amide bonds. The standard InChI is InChI=1S/C25H21Cl2N5O2/c26-19-7-3-2-6-17(19)21-14-22(18-13-16-5-1-4-8-20(16)28-24(18)27)30-25(29-21)31-23(33)15-32-9-11-34-12-10-32/h1-8,13-14H,9-12,15H2,(H,29,30,31,33). The van der Waals surface area contributed by atoms with E-state index in [1.165, 1.54) is 0 Å². The Bertz CT molecular complexity index is 1360. The highest BCUT2D eigenvalue weighted by atomic mass is 35.5. The van der Waals surface area contributed by atoms with Crippen LogP contribution >= 0.6 is 23.2 Å². The van der Waals surface area contributed by atoms with Gasteiger partial charge in [-0.25, -0.2) is 15.0 Å². The molecule has 0 aliphatic carbocycles. The minimum atomic E-state index is -0.202. The Balaban J connectivity index is 1.55. The molecule has 0 unspecified atom stereocenters. The minimum Gasteiger partial charge on any atom is -0.379 e. The maximum absolute atomic E-state index is 12.7. The van der Waals surface area contributed by atoms with E-state index in [1.807, 2.05) is 53.4 Å². The van der Waals surface area contributed by atoms with Crippen molar-refractivity contribution in [3.8, 4) is 22.5 Å². The number of nitrogens with zero attached hydrogens (tertiary/aromatic N) is 4. The van der Waals surface area contributed by atoms with Crippen LogP contribution in [0.2, 0.25) is 10.2 Å². The fourth-order valence-corrected chi connectivity index (χ4v) is 4.32. The van der Waals surface area contributed by atoms with Crippen molar-refractivity contribution >= 4 is 46.0 Å². The number of nitrogens with one attached hydrogen (secondary N) is 1. The fraction of sp³-hybridized carbons (Fsp3) is 0.200. The summed E-state index contributed by atoms with van der Waals surface area (Å²) < 4.78 is 5.35. The number of benzene rings is 2. The van der Waals surface area contributed by atoms with Crippen molar-refractivity contribution < 1.29 is 9.53 Å². The van der Waals surface area contributed by atoms with Crippen LogP contribution in [0.5, 0.6) is 0 Å². The first-order chi connectivity index (χ1) is 16.6. The highest BCUT2D eigenvalue weighted by molar-refractivity contribution is 6.33. The molecule has 1 saturated heterocycles. The molecule has 3 heterocycles. The zero-order chi connectivity index (χ0) is 23.5. The van der Waals surface area contributed by atoms with E-state index in [4.69, 9.17) is 27.9 Å². The lowest BCUT2D eigenvalue weighted by Gasteiger charge is -2.25. The van der Waals surface area contributed by atoms with Crippen molar-refractivity contribution in [3.05, 3.63) is 70.8 Å². The van der Waals surface area contributed by atoms with Crippen molar-refractivity contribution in [2.24, 2.45) is 0 Å². The second-order valence-corrected chi connectivity index (χ2v) is 8.66. The maximum Gasteiger partial charge on any atom is 0.240 e. The van der Waals surface area contributed by atoms with Gasteiger partial charge in [0.15, 0.2) is 0 Å². The number of fused-ring (bicyclic) bond motifs is 1. The Morgan fingerprint density at radius 1 is 0.912 bits per heavy atom. The van der Waals surface area contributed by atoms with Gasteiger partial charge in [-0.3, -0.25) is 15.0 Å². The number of aromatic nitrogens is 3. The molecule has 0 saturated carbocycles. The van der Waals surface area contributed by atoms with Gasteiger partial charge in [-0.15, -0.1) is 0 Å². The van der Waals surface area contributed by atoms with Gasteiger partial charge in [0.2, 0.25) is 11.9 Å². The number of carbonyl (C=O) groups is 1. The molecule has 1 fully saturated rings. The lowest BCUT2D eigenvalue weighted by atomic mass is 10.1. The minimum absolute atomic E-state index is 0.176. The summed E-state index contributed by atoms with van der Waals surface area (Å²) in [7, 11) is 0. The summed E-state index contributed by atoms with van der Waals surface area (Å²) in [6, 6.07) is 18.8. The molecule has 0 atom stereocenters. The molecule has 2 aromatic heterocycles. The SMILES string of the molecule is O=C(CN1CCOCC1)Nc1nc(-c2ccccc2Cl)cc(-c2cc3ccccc3nc2Cl)n1. The fourth-order valence-electron chi connectivity index (χ4n) is 3.85. The number of morpholine rings is 1. The highest BCUT2D eigenvalue weighted by Gasteiger charge is 2.18. The maximum atomic E-state index is 12.7. The number of para-hydroxylation sites is 1. The second kappa shape index (κ2) is 10.0. The number of carbonyl (C=O) groups excluding carboxylic acids is 1. The van der Waals surface area contributed by atoms with Gasteiger partial charge in [-0.05, 0) is 24.3 Å². The lowest BCUT2D eigenvalue weighted by Crippen LogP contribution is -2.41. The van der Waals surface area contributed by atoms with Crippen LogP contribution in [0.15, 0.2) is 60.7 Å². The molecule has 9 heteroatoms. The van der Waals surface area contributed by atoms with Crippen molar-refractivity contribution in [1.82, 2.24) is 19.9 Å². The first-order valence-electron chi connectivity index (χ1n) is 10.9. The van der Waals surface area contributed by atoms with Crippen LogP contribution in [0.25, 0.3) is 33.4 Å². The van der Waals surface area contributed by atoms with Crippen LogP contribution in [-0.4, -0.2) is 58.6 Å². The van der Waals surface area contributed by atoms with Crippen molar-refractivity contribution in [3.63, 3.8) is 0 Å². The third-order valence-electron chi connectivity index (χ3n) is 5.55. The van der Waals surface area contributed by atoms with Crippen LogP contribution in [0.4, 0.5) is 5.95 Å². The normalized spacial score (nSPS) is 14.3. The molecule has 2 aromatic carbocycles. The van der Waals surface area contributed by atoms with Gasteiger partial charge in [0.1, 0.15) is 5.15 Å². The molecule has 5 rings (SSSR count). The van der Waals surface area contributed by atoms with Gasteiger partial charge in [0.05, 0.1) is 36.7 Å². The third-order valence-corrected chi connectivity index (χ3v) is 6.17.